The van der Waals surface area contributed by atoms with Gasteiger partial charge in [-0.15, -0.1) is 0 Å². The number of carboxylic acid groups (broad SMARTS) is 1. The first-order valence-corrected chi connectivity index (χ1v) is 5.35. The molecule has 0 aliphatic heterocycles. The van der Waals surface area contributed by atoms with Crippen molar-refractivity contribution in [3.63, 3.8) is 0 Å². The van der Waals surface area contributed by atoms with Crippen LogP contribution in [0.4, 0.5) is 4.79 Å². The van der Waals surface area contributed by atoms with Gasteiger partial charge in [-0.3, -0.25) is 4.79 Å². The van der Waals surface area contributed by atoms with Crippen molar-refractivity contribution in [2.75, 3.05) is 20.3 Å². The van der Waals surface area contributed by atoms with Crippen molar-refractivity contribution < 1.29 is 19.4 Å². The number of rotatable bonds is 6. The molecule has 2 amide bonds. The Kier molecular flexibility index (Phi) is 4.54. The van der Waals surface area contributed by atoms with E-state index in [1.807, 2.05) is 0 Å². The van der Waals surface area contributed by atoms with E-state index in [9.17, 15) is 9.59 Å². The highest BCUT2D eigenvalue weighted by Gasteiger charge is 2.33. The first-order valence-electron chi connectivity index (χ1n) is 5.35. The second kappa shape index (κ2) is 5.69. The Morgan fingerprint density at radius 1 is 1.56 bits per heavy atom. The molecule has 0 aromatic heterocycles. The van der Waals surface area contributed by atoms with Gasteiger partial charge in [0.25, 0.3) is 0 Å². The van der Waals surface area contributed by atoms with Gasteiger partial charge in [0.05, 0.1) is 6.61 Å². The van der Waals surface area contributed by atoms with Crippen LogP contribution in [-0.4, -0.2) is 54.4 Å². The molecule has 1 fully saturated rings. The lowest BCUT2D eigenvalue weighted by Gasteiger charge is -2.23. The Morgan fingerprint density at radius 3 is 2.62 bits per heavy atom. The molecule has 0 aromatic rings. The van der Waals surface area contributed by atoms with E-state index in [0.29, 0.717) is 13.2 Å². The number of ether oxygens (including phenoxy) is 1. The van der Waals surface area contributed by atoms with Crippen LogP contribution in [0.2, 0.25) is 0 Å². The molecule has 16 heavy (non-hydrogen) atoms. The minimum atomic E-state index is -1.03. The van der Waals surface area contributed by atoms with Crippen molar-refractivity contribution in [3.05, 3.63) is 0 Å². The molecule has 0 spiro atoms. The summed E-state index contributed by atoms with van der Waals surface area (Å²) < 4.78 is 4.91. The maximum absolute atomic E-state index is 11.7. The lowest BCUT2D eigenvalue weighted by atomic mass is 10.3. The van der Waals surface area contributed by atoms with Gasteiger partial charge in [-0.25, -0.2) is 4.79 Å². The zero-order valence-corrected chi connectivity index (χ0v) is 9.60. The monoisotopic (exact) mass is 230 g/mol. The summed E-state index contributed by atoms with van der Waals surface area (Å²) in [6, 6.07) is -0.943. The molecule has 0 saturated heterocycles. The number of methoxy groups -OCH3 is 1. The zero-order valence-electron chi connectivity index (χ0n) is 9.60. The van der Waals surface area contributed by atoms with Crippen molar-refractivity contribution in [2.45, 2.75) is 31.8 Å². The maximum atomic E-state index is 11.7. The van der Waals surface area contributed by atoms with E-state index in [0.717, 1.165) is 12.8 Å². The molecular formula is C10H18N2O4. The van der Waals surface area contributed by atoms with E-state index < -0.39 is 12.0 Å². The number of hydrogen-bond acceptors (Lipinski definition) is 3. The zero-order chi connectivity index (χ0) is 12.1. The molecular weight excluding hydrogens is 212 g/mol. The third-order valence-corrected chi connectivity index (χ3v) is 2.50. The summed E-state index contributed by atoms with van der Waals surface area (Å²) in [7, 11) is 1.57. The molecule has 1 aliphatic rings. The molecule has 1 unspecified atom stereocenters. The van der Waals surface area contributed by atoms with Crippen LogP contribution in [0.3, 0.4) is 0 Å². The minimum Gasteiger partial charge on any atom is -0.480 e. The third-order valence-electron chi connectivity index (χ3n) is 2.50. The lowest BCUT2D eigenvalue weighted by Crippen LogP contribution is -2.48. The molecule has 6 heteroatoms. The van der Waals surface area contributed by atoms with E-state index >= 15 is 0 Å². The molecule has 0 heterocycles. The number of amides is 2. The second-order valence-corrected chi connectivity index (χ2v) is 3.93. The SMILES string of the molecule is COCCN(C(=O)NC(C)C(=O)O)C1CC1. The molecule has 1 aliphatic carbocycles. The summed E-state index contributed by atoms with van der Waals surface area (Å²) in [5, 5.41) is 11.1. The van der Waals surface area contributed by atoms with Crippen molar-refractivity contribution in [1.82, 2.24) is 10.2 Å². The lowest BCUT2D eigenvalue weighted by molar-refractivity contribution is -0.138. The highest BCUT2D eigenvalue weighted by molar-refractivity contribution is 5.82. The number of carbonyl (C=O) groups excluding carboxylic acids is 1. The predicted octanol–water partition coefficient (Wildman–Crippen LogP) is 0.280. The Hall–Kier alpha value is -1.30. The third kappa shape index (κ3) is 3.69. The van der Waals surface area contributed by atoms with Gasteiger partial charge in [0, 0.05) is 19.7 Å². The van der Waals surface area contributed by atoms with Gasteiger partial charge in [0.1, 0.15) is 6.04 Å². The standard InChI is InChI=1S/C10H18N2O4/c1-7(9(13)14)11-10(15)12(5-6-16-2)8-3-4-8/h7-8H,3-6H2,1-2H3,(H,11,15)(H,13,14). The van der Waals surface area contributed by atoms with Gasteiger partial charge in [-0.2, -0.15) is 0 Å². The summed E-state index contributed by atoms with van der Waals surface area (Å²) in [5.41, 5.74) is 0. The maximum Gasteiger partial charge on any atom is 0.325 e. The fourth-order valence-corrected chi connectivity index (χ4v) is 1.36. The highest BCUT2D eigenvalue weighted by atomic mass is 16.5. The Labute approximate surface area is 94.6 Å². The van der Waals surface area contributed by atoms with Crippen LogP contribution >= 0.6 is 0 Å². The molecule has 1 atom stereocenters. The molecule has 0 bridgehead atoms. The summed E-state index contributed by atoms with van der Waals surface area (Å²) in [6.45, 7) is 2.41. The molecule has 6 nitrogen and oxygen atoms in total. The van der Waals surface area contributed by atoms with Crippen molar-refractivity contribution in [3.8, 4) is 0 Å². The normalized spacial score (nSPS) is 16.6. The second-order valence-electron chi connectivity index (χ2n) is 3.93. The van der Waals surface area contributed by atoms with Gasteiger partial charge in [-0.1, -0.05) is 0 Å². The van der Waals surface area contributed by atoms with Gasteiger partial charge in [0.2, 0.25) is 0 Å². The van der Waals surface area contributed by atoms with Gasteiger partial charge >= 0.3 is 12.0 Å². The number of nitrogens with zero attached hydrogens (tertiary/aromatic N) is 1. The van der Waals surface area contributed by atoms with E-state index in [-0.39, 0.29) is 12.1 Å². The number of carbonyl (C=O) groups is 2. The Balaban J connectivity index is 2.43. The quantitative estimate of drug-likeness (QED) is 0.687. The van der Waals surface area contributed by atoms with Crippen LogP contribution in [0.25, 0.3) is 0 Å². The average Bonchev–Trinajstić information content (AvgIpc) is 3.02. The molecule has 2 N–H and O–H groups in total. The highest BCUT2D eigenvalue weighted by Crippen LogP contribution is 2.26. The summed E-state index contributed by atoms with van der Waals surface area (Å²) in [6.07, 6.45) is 1.97. The average molecular weight is 230 g/mol. The summed E-state index contributed by atoms with van der Waals surface area (Å²) in [4.78, 5) is 24.0. The molecule has 92 valence electrons. The van der Waals surface area contributed by atoms with Crippen LogP contribution in [0.1, 0.15) is 19.8 Å². The van der Waals surface area contributed by atoms with Crippen LogP contribution in [0.15, 0.2) is 0 Å². The van der Waals surface area contributed by atoms with Crippen LogP contribution in [-0.2, 0) is 9.53 Å². The molecule has 1 saturated carbocycles. The first kappa shape index (κ1) is 12.8. The number of aliphatic carboxylic acids is 1. The van der Waals surface area contributed by atoms with Gasteiger partial charge in [-0.05, 0) is 19.8 Å². The van der Waals surface area contributed by atoms with E-state index in [1.54, 1.807) is 12.0 Å². The fourth-order valence-electron chi connectivity index (χ4n) is 1.36. The van der Waals surface area contributed by atoms with E-state index in [4.69, 9.17) is 9.84 Å². The summed E-state index contributed by atoms with van der Waals surface area (Å²) >= 11 is 0. The predicted molar refractivity (Wildman–Crippen MR) is 57.2 cm³/mol. The van der Waals surface area contributed by atoms with Crippen molar-refractivity contribution in [1.29, 1.82) is 0 Å². The number of urea groups is 1. The largest absolute Gasteiger partial charge is 0.480 e. The summed E-state index contributed by atoms with van der Waals surface area (Å²) in [5.74, 6) is -1.03. The first-order chi connectivity index (χ1) is 7.56. The number of nitrogens with one attached hydrogen (secondary N) is 1. The molecule has 1 rings (SSSR count). The van der Waals surface area contributed by atoms with Crippen LogP contribution < -0.4 is 5.32 Å². The van der Waals surface area contributed by atoms with Gasteiger partial charge < -0.3 is 20.1 Å². The molecule has 0 aromatic carbocycles. The number of carboxylic acids is 1. The smallest absolute Gasteiger partial charge is 0.325 e. The van der Waals surface area contributed by atoms with Crippen LogP contribution in [0.5, 0.6) is 0 Å². The van der Waals surface area contributed by atoms with Crippen LogP contribution in [0, 0.1) is 0 Å². The van der Waals surface area contributed by atoms with Crippen molar-refractivity contribution >= 4 is 12.0 Å². The minimum absolute atomic E-state index is 0.246. The van der Waals surface area contributed by atoms with E-state index in [1.165, 1.54) is 6.92 Å². The molecule has 0 radical (unpaired) electrons. The van der Waals surface area contributed by atoms with E-state index in [2.05, 4.69) is 5.32 Å². The fraction of sp³-hybridized carbons (Fsp3) is 0.800. The van der Waals surface area contributed by atoms with Gasteiger partial charge in [0.15, 0.2) is 0 Å². The number of hydrogen-bond donors (Lipinski definition) is 2. The Bertz CT molecular complexity index is 266. The topological polar surface area (TPSA) is 78.9 Å². The Morgan fingerprint density at radius 2 is 2.19 bits per heavy atom. The van der Waals surface area contributed by atoms with Crippen molar-refractivity contribution in [2.24, 2.45) is 0 Å².